The van der Waals surface area contributed by atoms with Crippen molar-refractivity contribution in [1.29, 1.82) is 0 Å². The predicted octanol–water partition coefficient (Wildman–Crippen LogP) is 14.8. The molecule has 7 aromatic rings. The van der Waals surface area contributed by atoms with E-state index in [-0.39, 0.29) is 0 Å². The number of hydrogen-bond donors (Lipinski definition) is 0. The summed E-state index contributed by atoms with van der Waals surface area (Å²) in [5, 5.41) is 0. The van der Waals surface area contributed by atoms with Crippen molar-refractivity contribution in [2.75, 3.05) is 9.80 Å². The van der Waals surface area contributed by atoms with Gasteiger partial charge in [-0.25, -0.2) is 0 Å². The monoisotopic (exact) mass is 698 g/mol. The van der Waals surface area contributed by atoms with Crippen LogP contribution in [0.5, 0.6) is 0 Å². The van der Waals surface area contributed by atoms with E-state index < -0.39 is 0 Å². The highest BCUT2D eigenvalue weighted by Gasteiger charge is 2.42. The van der Waals surface area contributed by atoms with Crippen molar-refractivity contribution < 1.29 is 0 Å². The summed E-state index contributed by atoms with van der Waals surface area (Å²) in [5.74, 6) is 2.05. The maximum absolute atomic E-state index is 2.61. The maximum Gasteiger partial charge on any atom is 0.0462 e. The molecule has 2 bridgehead atoms. The molecule has 3 aliphatic rings. The Morgan fingerprint density at radius 1 is 0.426 bits per heavy atom. The Morgan fingerprint density at radius 2 is 0.778 bits per heavy atom. The minimum absolute atomic E-state index is 0.399. The molecule has 2 nitrogen and oxygen atoms in total. The molecule has 0 amide bonds. The number of benzene rings is 7. The summed E-state index contributed by atoms with van der Waals surface area (Å²) in [5.41, 5.74) is 16.8. The molecule has 0 radical (unpaired) electrons. The molecule has 0 aliphatic heterocycles. The Labute approximate surface area is 320 Å². The molecule has 0 fully saturated rings. The average molecular weight is 699 g/mol. The number of anilines is 6. The van der Waals surface area contributed by atoms with E-state index in [0.29, 0.717) is 23.7 Å². The highest BCUT2D eigenvalue weighted by atomic mass is 15.1. The van der Waals surface area contributed by atoms with Crippen LogP contribution in [0.25, 0.3) is 22.3 Å². The third kappa shape index (κ3) is 6.12. The van der Waals surface area contributed by atoms with Crippen LogP contribution >= 0.6 is 0 Å². The van der Waals surface area contributed by atoms with Crippen LogP contribution in [0.2, 0.25) is 0 Å². The lowest BCUT2D eigenvalue weighted by molar-refractivity contribution is 0.281. The van der Waals surface area contributed by atoms with E-state index in [1.165, 1.54) is 45.4 Å². The first-order chi connectivity index (χ1) is 26.5. The lowest BCUT2D eigenvalue weighted by atomic mass is 9.58. The number of hydrogen-bond acceptors (Lipinski definition) is 2. The average Bonchev–Trinajstić information content (AvgIpc) is 3.23. The highest BCUT2D eigenvalue weighted by molar-refractivity contribution is 5.85. The largest absolute Gasteiger partial charge is 0.311 e. The molecule has 0 aromatic heterocycles. The summed E-state index contributed by atoms with van der Waals surface area (Å²) >= 11 is 0. The van der Waals surface area contributed by atoms with Gasteiger partial charge in [0.25, 0.3) is 0 Å². The van der Waals surface area contributed by atoms with Crippen molar-refractivity contribution >= 4 is 34.1 Å². The number of fused-ring (bicyclic) bond motifs is 1. The van der Waals surface area contributed by atoms with Crippen LogP contribution in [0.4, 0.5) is 34.1 Å². The summed E-state index contributed by atoms with van der Waals surface area (Å²) in [6, 6.07) is 66.0. The Bertz CT molecular complexity index is 2300. The molecule has 0 saturated heterocycles. The standard InChI is InChI=1S/C52H46N2/c1-36(2)48-35-49-37(3)34-50(48)52-47(39-26-30-45(31-27-39)54(42-20-12-6-13-21-42)43-22-14-7-15-23-43)33-32-46(51(49)52)38-24-28-44(29-25-38)53(40-16-8-4-9-17-40)41-18-10-5-11-19-41/h4-34,36,48-50H,35H2,1-3H3. The van der Waals surface area contributed by atoms with Crippen molar-refractivity contribution in [1.82, 2.24) is 0 Å². The Hall–Kier alpha value is -6.12. The van der Waals surface area contributed by atoms with Crippen molar-refractivity contribution in [2.24, 2.45) is 11.8 Å². The second-order valence-corrected chi connectivity index (χ2v) is 15.2. The Kier molecular flexibility index (Phi) is 8.97. The number of nitrogens with zero attached hydrogens (tertiary/aromatic N) is 2. The van der Waals surface area contributed by atoms with E-state index in [0.717, 1.165) is 34.1 Å². The van der Waals surface area contributed by atoms with E-state index in [1.54, 1.807) is 0 Å². The molecule has 264 valence electrons. The van der Waals surface area contributed by atoms with Crippen LogP contribution < -0.4 is 9.80 Å². The quantitative estimate of drug-likeness (QED) is 0.139. The van der Waals surface area contributed by atoms with Gasteiger partial charge in [-0.15, -0.1) is 0 Å². The van der Waals surface area contributed by atoms with Gasteiger partial charge in [0, 0.05) is 46.0 Å². The molecule has 0 heterocycles. The van der Waals surface area contributed by atoms with E-state index >= 15 is 0 Å². The maximum atomic E-state index is 2.61. The summed E-state index contributed by atoms with van der Waals surface area (Å²) in [4.78, 5) is 4.68. The molecule has 3 unspecified atom stereocenters. The molecule has 3 atom stereocenters. The van der Waals surface area contributed by atoms with Crippen LogP contribution in [-0.2, 0) is 0 Å². The molecular formula is C52H46N2. The number of allylic oxidation sites excluding steroid dienone is 2. The number of para-hydroxylation sites is 4. The Morgan fingerprint density at radius 3 is 1.15 bits per heavy atom. The van der Waals surface area contributed by atoms with Gasteiger partial charge in [0.15, 0.2) is 0 Å². The van der Waals surface area contributed by atoms with Gasteiger partial charge in [0.05, 0.1) is 0 Å². The van der Waals surface area contributed by atoms with E-state index in [4.69, 9.17) is 0 Å². The first-order valence-electron chi connectivity index (χ1n) is 19.4. The molecule has 7 aromatic carbocycles. The summed E-state index contributed by atoms with van der Waals surface area (Å²) in [7, 11) is 0. The predicted molar refractivity (Wildman–Crippen MR) is 229 cm³/mol. The SMILES string of the molecule is CC1=CC2c3c(-c4ccc(N(c5ccccc5)c5ccccc5)cc4)ccc(-c4ccc(N(c5ccccc5)c5ccccc5)cc4)c3C1CC2C(C)C. The fourth-order valence-electron chi connectivity index (χ4n) is 9.11. The van der Waals surface area contributed by atoms with E-state index in [2.05, 4.69) is 219 Å². The zero-order chi connectivity index (χ0) is 36.6. The second kappa shape index (κ2) is 14.4. The smallest absolute Gasteiger partial charge is 0.0462 e. The summed E-state index contributed by atoms with van der Waals surface area (Å²) in [6.45, 7) is 7.20. The molecule has 3 aliphatic carbocycles. The van der Waals surface area contributed by atoms with Crippen LogP contribution in [0.1, 0.15) is 50.2 Å². The van der Waals surface area contributed by atoms with Crippen molar-refractivity contribution in [2.45, 2.75) is 39.0 Å². The normalized spacial score (nSPS) is 17.2. The van der Waals surface area contributed by atoms with E-state index in [1.807, 2.05) is 0 Å². The van der Waals surface area contributed by atoms with Crippen LogP contribution in [-0.4, -0.2) is 0 Å². The minimum Gasteiger partial charge on any atom is -0.311 e. The van der Waals surface area contributed by atoms with Gasteiger partial charge in [-0.05, 0) is 131 Å². The van der Waals surface area contributed by atoms with Crippen LogP contribution in [0, 0.1) is 11.8 Å². The van der Waals surface area contributed by atoms with Gasteiger partial charge in [0.2, 0.25) is 0 Å². The first kappa shape index (κ1) is 33.7. The summed E-state index contributed by atoms with van der Waals surface area (Å²) in [6.07, 6.45) is 3.82. The van der Waals surface area contributed by atoms with Crippen molar-refractivity contribution in [3.8, 4) is 22.3 Å². The zero-order valence-electron chi connectivity index (χ0n) is 31.3. The molecule has 54 heavy (non-hydrogen) atoms. The van der Waals surface area contributed by atoms with E-state index in [9.17, 15) is 0 Å². The van der Waals surface area contributed by atoms with Gasteiger partial charge in [-0.1, -0.05) is 135 Å². The molecular weight excluding hydrogens is 653 g/mol. The van der Waals surface area contributed by atoms with Gasteiger partial charge >= 0.3 is 0 Å². The molecule has 0 saturated carbocycles. The van der Waals surface area contributed by atoms with Gasteiger partial charge < -0.3 is 9.80 Å². The van der Waals surface area contributed by atoms with Crippen LogP contribution in [0.3, 0.4) is 0 Å². The molecule has 0 spiro atoms. The topological polar surface area (TPSA) is 6.48 Å². The van der Waals surface area contributed by atoms with Crippen LogP contribution in [0.15, 0.2) is 194 Å². The molecule has 10 rings (SSSR count). The lowest BCUT2D eigenvalue weighted by Crippen LogP contribution is -2.32. The molecule has 0 N–H and O–H groups in total. The number of rotatable bonds is 9. The molecule has 2 heteroatoms. The second-order valence-electron chi connectivity index (χ2n) is 15.2. The Balaban J connectivity index is 1.14. The van der Waals surface area contributed by atoms with Gasteiger partial charge in [-0.3, -0.25) is 0 Å². The summed E-state index contributed by atoms with van der Waals surface area (Å²) < 4.78 is 0. The minimum atomic E-state index is 0.399. The fraction of sp³-hybridized carbons (Fsp3) is 0.154. The fourth-order valence-corrected chi connectivity index (χ4v) is 9.11. The van der Waals surface area contributed by atoms with Gasteiger partial charge in [0.1, 0.15) is 0 Å². The highest BCUT2D eigenvalue weighted by Crippen LogP contribution is 2.58. The lowest BCUT2D eigenvalue weighted by Gasteiger charge is -2.46. The third-order valence-electron chi connectivity index (χ3n) is 11.7. The van der Waals surface area contributed by atoms with Crippen molar-refractivity contribution in [3.05, 3.63) is 205 Å². The third-order valence-corrected chi connectivity index (χ3v) is 11.7. The van der Waals surface area contributed by atoms with Crippen molar-refractivity contribution in [3.63, 3.8) is 0 Å². The van der Waals surface area contributed by atoms with Gasteiger partial charge in [-0.2, -0.15) is 0 Å². The first-order valence-corrected chi connectivity index (χ1v) is 19.4. The zero-order valence-corrected chi connectivity index (χ0v) is 31.3.